The van der Waals surface area contributed by atoms with Gasteiger partial charge in [-0.3, -0.25) is 4.79 Å². The summed E-state index contributed by atoms with van der Waals surface area (Å²) < 4.78 is 11.0. The minimum absolute atomic E-state index is 0.113. The van der Waals surface area contributed by atoms with Gasteiger partial charge in [-0.05, 0) is 32.0 Å². The van der Waals surface area contributed by atoms with Crippen molar-refractivity contribution in [1.29, 1.82) is 0 Å². The number of ether oxygens (including phenoxy) is 2. The van der Waals surface area contributed by atoms with Gasteiger partial charge in [0, 0.05) is 24.6 Å². The third-order valence-corrected chi connectivity index (χ3v) is 2.77. The van der Waals surface area contributed by atoms with Crippen LogP contribution < -0.4 is 14.8 Å². The van der Waals surface area contributed by atoms with Crippen LogP contribution >= 0.6 is 0 Å². The Bertz CT molecular complexity index is 430. The Morgan fingerprint density at radius 2 is 1.80 bits per heavy atom. The molecule has 20 heavy (non-hydrogen) atoms. The highest BCUT2D eigenvalue weighted by Gasteiger charge is 2.11. The van der Waals surface area contributed by atoms with E-state index in [1.165, 1.54) is 0 Å². The van der Waals surface area contributed by atoms with Gasteiger partial charge in [0.05, 0.1) is 13.2 Å². The summed E-state index contributed by atoms with van der Waals surface area (Å²) in [7, 11) is 0. The Hall–Kier alpha value is -1.55. The summed E-state index contributed by atoms with van der Waals surface area (Å²) in [5.41, 5.74) is 0.669. The van der Waals surface area contributed by atoms with Crippen LogP contribution in [0.2, 0.25) is 0 Å². The molecule has 112 valence electrons. The number of hydrogen-bond donors (Lipinski definition) is 1. The van der Waals surface area contributed by atoms with Crippen LogP contribution in [-0.2, 0) is 0 Å². The summed E-state index contributed by atoms with van der Waals surface area (Å²) in [6, 6.07) is 5.76. The van der Waals surface area contributed by atoms with E-state index in [0.717, 1.165) is 0 Å². The van der Waals surface area contributed by atoms with E-state index in [1.54, 1.807) is 18.2 Å². The first-order chi connectivity index (χ1) is 9.58. The van der Waals surface area contributed by atoms with Gasteiger partial charge in [-0.25, -0.2) is 0 Å². The van der Waals surface area contributed by atoms with Crippen LogP contribution in [0.25, 0.3) is 0 Å². The lowest BCUT2D eigenvalue weighted by Crippen LogP contribution is -2.25. The molecule has 0 aliphatic heterocycles. The van der Waals surface area contributed by atoms with Gasteiger partial charge >= 0.3 is 0 Å². The fourth-order valence-corrected chi connectivity index (χ4v) is 1.84. The second-order valence-corrected chi connectivity index (χ2v) is 4.81. The molecule has 4 nitrogen and oxygen atoms in total. The van der Waals surface area contributed by atoms with Crippen molar-refractivity contribution in [3.63, 3.8) is 0 Å². The summed E-state index contributed by atoms with van der Waals surface area (Å²) in [5.74, 6) is 1.44. The summed E-state index contributed by atoms with van der Waals surface area (Å²) in [6.45, 7) is 9.78. The first-order valence-corrected chi connectivity index (χ1v) is 7.24. The third kappa shape index (κ3) is 5.21. The Morgan fingerprint density at radius 1 is 1.15 bits per heavy atom. The minimum atomic E-state index is 0.113. The Labute approximate surface area is 121 Å². The van der Waals surface area contributed by atoms with E-state index in [4.69, 9.17) is 9.47 Å². The number of Topliss-reactive ketones (excluding diaryl/α,β-unsaturated/α-hetero) is 1. The van der Waals surface area contributed by atoms with Crippen LogP contribution in [-0.4, -0.2) is 31.6 Å². The number of carbonyl (C=O) groups excluding carboxylic acids is 1. The smallest absolute Gasteiger partial charge is 0.164 e. The van der Waals surface area contributed by atoms with Gasteiger partial charge in [0.2, 0.25) is 0 Å². The van der Waals surface area contributed by atoms with E-state index in [0.29, 0.717) is 49.3 Å². The number of carbonyl (C=O) groups is 1. The second kappa shape index (κ2) is 8.59. The lowest BCUT2D eigenvalue weighted by Gasteiger charge is -2.12. The highest BCUT2D eigenvalue weighted by Crippen LogP contribution is 2.28. The lowest BCUT2D eigenvalue weighted by molar-refractivity contribution is 0.0981. The number of ketones is 1. The topological polar surface area (TPSA) is 47.6 Å². The molecule has 0 unspecified atom stereocenters. The minimum Gasteiger partial charge on any atom is -0.490 e. The van der Waals surface area contributed by atoms with Crippen molar-refractivity contribution in [3.05, 3.63) is 23.8 Å². The molecule has 0 bridgehead atoms. The first kappa shape index (κ1) is 16.5. The van der Waals surface area contributed by atoms with Gasteiger partial charge in [0.25, 0.3) is 0 Å². The molecule has 1 rings (SSSR count). The number of benzene rings is 1. The number of nitrogens with one attached hydrogen (secondary N) is 1. The molecule has 0 aliphatic rings. The van der Waals surface area contributed by atoms with Gasteiger partial charge in [-0.15, -0.1) is 0 Å². The standard InChI is InChI=1S/C16H25NO3/c1-5-19-15-8-7-13(11-16(15)20-6-2)14(18)9-10-17-12(3)4/h7-8,11-12,17H,5-6,9-10H2,1-4H3. The molecule has 0 saturated carbocycles. The summed E-state index contributed by atoms with van der Waals surface area (Å²) >= 11 is 0. The summed E-state index contributed by atoms with van der Waals surface area (Å²) in [5, 5.41) is 3.24. The maximum Gasteiger partial charge on any atom is 0.164 e. The largest absolute Gasteiger partial charge is 0.490 e. The average Bonchev–Trinajstić information content (AvgIpc) is 2.40. The second-order valence-electron chi connectivity index (χ2n) is 4.81. The molecule has 0 aliphatic carbocycles. The molecule has 0 heterocycles. The fourth-order valence-electron chi connectivity index (χ4n) is 1.84. The molecule has 1 aromatic rings. The highest BCUT2D eigenvalue weighted by atomic mass is 16.5. The van der Waals surface area contributed by atoms with E-state index in [-0.39, 0.29) is 5.78 Å². The van der Waals surface area contributed by atoms with E-state index in [9.17, 15) is 4.79 Å². The normalized spacial score (nSPS) is 10.7. The van der Waals surface area contributed by atoms with Gasteiger partial charge in [0.1, 0.15) is 0 Å². The Balaban J connectivity index is 2.74. The molecule has 0 spiro atoms. The van der Waals surface area contributed by atoms with Gasteiger partial charge in [-0.2, -0.15) is 0 Å². The van der Waals surface area contributed by atoms with E-state index in [2.05, 4.69) is 19.2 Å². The van der Waals surface area contributed by atoms with Crippen molar-refractivity contribution in [2.24, 2.45) is 0 Å². The number of rotatable bonds is 9. The SMILES string of the molecule is CCOc1ccc(C(=O)CCNC(C)C)cc1OCC. The molecule has 0 fully saturated rings. The van der Waals surface area contributed by atoms with Crippen LogP contribution in [0.5, 0.6) is 11.5 Å². The van der Waals surface area contributed by atoms with Gasteiger partial charge in [0.15, 0.2) is 17.3 Å². The molecular weight excluding hydrogens is 254 g/mol. The molecular formula is C16H25NO3. The van der Waals surface area contributed by atoms with Crippen LogP contribution in [0.1, 0.15) is 44.5 Å². The van der Waals surface area contributed by atoms with Crippen LogP contribution in [0.15, 0.2) is 18.2 Å². The van der Waals surface area contributed by atoms with E-state index in [1.807, 2.05) is 13.8 Å². The molecule has 4 heteroatoms. The zero-order valence-corrected chi connectivity index (χ0v) is 12.9. The molecule has 0 atom stereocenters. The third-order valence-electron chi connectivity index (χ3n) is 2.77. The van der Waals surface area contributed by atoms with Crippen LogP contribution in [0.3, 0.4) is 0 Å². The summed E-state index contributed by atoms with van der Waals surface area (Å²) in [6.07, 6.45) is 0.484. The fraction of sp³-hybridized carbons (Fsp3) is 0.562. The molecule has 0 radical (unpaired) electrons. The Kier molecular flexibility index (Phi) is 7.09. The average molecular weight is 279 g/mol. The zero-order chi connectivity index (χ0) is 15.0. The van der Waals surface area contributed by atoms with Gasteiger partial charge < -0.3 is 14.8 Å². The van der Waals surface area contributed by atoms with Crippen molar-refractivity contribution in [2.75, 3.05) is 19.8 Å². The van der Waals surface area contributed by atoms with Crippen molar-refractivity contribution in [3.8, 4) is 11.5 Å². The predicted molar refractivity (Wildman–Crippen MR) is 80.9 cm³/mol. The van der Waals surface area contributed by atoms with Crippen LogP contribution in [0.4, 0.5) is 0 Å². The van der Waals surface area contributed by atoms with E-state index < -0.39 is 0 Å². The van der Waals surface area contributed by atoms with E-state index >= 15 is 0 Å². The van der Waals surface area contributed by atoms with Crippen molar-refractivity contribution < 1.29 is 14.3 Å². The molecule has 0 saturated heterocycles. The quantitative estimate of drug-likeness (QED) is 0.706. The van der Waals surface area contributed by atoms with Crippen LogP contribution in [0, 0.1) is 0 Å². The molecule has 1 aromatic carbocycles. The highest BCUT2D eigenvalue weighted by molar-refractivity contribution is 5.96. The lowest BCUT2D eigenvalue weighted by atomic mass is 10.1. The van der Waals surface area contributed by atoms with Gasteiger partial charge in [-0.1, -0.05) is 13.8 Å². The molecule has 0 amide bonds. The van der Waals surface area contributed by atoms with Crippen molar-refractivity contribution in [1.82, 2.24) is 5.32 Å². The first-order valence-electron chi connectivity index (χ1n) is 7.24. The predicted octanol–water partition coefficient (Wildman–Crippen LogP) is 3.05. The number of hydrogen-bond acceptors (Lipinski definition) is 4. The summed E-state index contributed by atoms with van der Waals surface area (Å²) in [4.78, 5) is 12.1. The maximum atomic E-state index is 12.1. The zero-order valence-electron chi connectivity index (χ0n) is 12.9. The monoisotopic (exact) mass is 279 g/mol. The maximum absolute atomic E-state index is 12.1. The van der Waals surface area contributed by atoms with Crippen molar-refractivity contribution >= 4 is 5.78 Å². The molecule has 1 N–H and O–H groups in total. The Morgan fingerprint density at radius 3 is 2.40 bits per heavy atom. The van der Waals surface area contributed by atoms with Crippen molar-refractivity contribution in [2.45, 2.75) is 40.2 Å². The molecule has 0 aromatic heterocycles.